The lowest BCUT2D eigenvalue weighted by Gasteiger charge is -2.43. The molecular formula is C12H24N2O. The molecule has 0 bridgehead atoms. The van der Waals surface area contributed by atoms with Gasteiger partial charge in [0.05, 0.1) is 0 Å². The molecule has 1 amide bonds. The van der Waals surface area contributed by atoms with Crippen molar-refractivity contribution in [1.29, 1.82) is 0 Å². The summed E-state index contributed by atoms with van der Waals surface area (Å²) in [5, 5.41) is 3.46. The highest BCUT2D eigenvalue weighted by Gasteiger charge is 2.32. The predicted molar refractivity (Wildman–Crippen MR) is 62.8 cm³/mol. The van der Waals surface area contributed by atoms with Gasteiger partial charge in [-0.3, -0.25) is 4.79 Å². The number of amides is 1. The summed E-state index contributed by atoms with van der Waals surface area (Å²) in [6.07, 6.45) is 2.81. The van der Waals surface area contributed by atoms with E-state index in [0.29, 0.717) is 18.4 Å². The molecule has 1 heterocycles. The molecule has 0 saturated carbocycles. The van der Waals surface area contributed by atoms with Gasteiger partial charge >= 0.3 is 0 Å². The molecule has 0 spiro atoms. The van der Waals surface area contributed by atoms with E-state index in [0.717, 1.165) is 25.9 Å². The van der Waals surface area contributed by atoms with Crippen LogP contribution in [0.15, 0.2) is 0 Å². The van der Waals surface area contributed by atoms with E-state index in [-0.39, 0.29) is 5.54 Å². The van der Waals surface area contributed by atoms with E-state index in [2.05, 4.69) is 33.0 Å². The second-order valence-corrected chi connectivity index (χ2v) is 5.24. The lowest BCUT2D eigenvalue weighted by Crippen LogP contribution is -2.62. The number of carbonyl (C=O) groups excluding carboxylic acids is 1. The molecule has 15 heavy (non-hydrogen) atoms. The number of carbonyl (C=O) groups is 1. The van der Waals surface area contributed by atoms with Crippen molar-refractivity contribution in [2.45, 2.75) is 58.5 Å². The van der Waals surface area contributed by atoms with Crippen molar-refractivity contribution in [3.05, 3.63) is 0 Å². The van der Waals surface area contributed by atoms with Crippen LogP contribution in [0.5, 0.6) is 0 Å². The second-order valence-electron chi connectivity index (χ2n) is 5.24. The minimum atomic E-state index is 0.0639. The van der Waals surface area contributed by atoms with Gasteiger partial charge in [-0.25, -0.2) is 0 Å². The molecule has 0 aromatic carbocycles. The van der Waals surface area contributed by atoms with Crippen LogP contribution in [0, 0.1) is 0 Å². The molecule has 1 aliphatic heterocycles. The Kier molecular flexibility index (Phi) is 4.14. The van der Waals surface area contributed by atoms with E-state index in [4.69, 9.17) is 0 Å². The summed E-state index contributed by atoms with van der Waals surface area (Å²) < 4.78 is 0. The zero-order valence-corrected chi connectivity index (χ0v) is 10.5. The Balaban J connectivity index is 2.54. The highest BCUT2D eigenvalue weighted by Crippen LogP contribution is 2.16. The van der Waals surface area contributed by atoms with Crippen LogP contribution in [0.4, 0.5) is 0 Å². The highest BCUT2D eigenvalue weighted by molar-refractivity contribution is 5.76. The van der Waals surface area contributed by atoms with Gasteiger partial charge in [-0.05, 0) is 27.2 Å². The molecule has 1 N–H and O–H groups in total. The van der Waals surface area contributed by atoms with Crippen LogP contribution < -0.4 is 5.32 Å². The minimum Gasteiger partial charge on any atom is -0.337 e. The van der Waals surface area contributed by atoms with Gasteiger partial charge in [-0.1, -0.05) is 13.3 Å². The highest BCUT2D eigenvalue weighted by atomic mass is 16.2. The first-order valence-electron chi connectivity index (χ1n) is 6.01. The number of nitrogens with zero attached hydrogens (tertiary/aromatic N) is 1. The van der Waals surface area contributed by atoms with E-state index in [1.165, 1.54) is 0 Å². The lowest BCUT2D eigenvalue weighted by molar-refractivity contribution is -0.135. The van der Waals surface area contributed by atoms with Gasteiger partial charge in [-0.2, -0.15) is 0 Å². The monoisotopic (exact) mass is 212 g/mol. The van der Waals surface area contributed by atoms with E-state index < -0.39 is 0 Å². The van der Waals surface area contributed by atoms with Crippen molar-refractivity contribution in [1.82, 2.24) is 10.2 Å². The number of hydrogen-bond acceptors (Lipinski definition) is 2. The fraction of sp³-hybridized carbons (Fsp3) is 0.917. The molecule has 3 nitrogen and oxygen atoms in total. The van der Waals surface area contributed by atoms with Gasteiger partial charge in [0.15, 0.2) is 0 Å². The maximum Gasteiger partial charge on any atom is 0.222 e. The first-order valence-corrected chi connectivity index (χ1v) is 6.01. The van der Waals surface area contributed by atoms with Gasteiger partial charge in [-0.15, -0.1) is 0 Å². The Morgan fingerprint density at radius 3 is 2.80 bits per heavy atom. The topological polar surface area (TPSA) is 32.3 Å². The molecule has 1 unspecified atom stereocenters. The molecule has 3 heteroatoms. The van der Waals surface area contributed by atoms with E-state index in [1.807, 2.05) is 4.90 Å². The first-order chi connectivity index (χ1) is 6.96. The van der Waals surface area contributed by atoms with Crippen molar-refractivity contribution in [3.63, 3.8) is 0 Å². The van der Waals surface area contributed by atoms with E-state index in [1.54, 1.807) is 0 Å². The maximum atomic E-state index is 12.0. The van der Waals surface area contributed by atoms with Crippen LogP contribution in [0.3, 0.4) is 0 Å². The molecule has 0 aromatic heterocycles. The quantitative estimate of drug-likeness (QED) is 0.773. The van der Waals surface area contributed by atoms with E-state index in [9.17, 15) is 4.79 Å². The van der Waals surface area contributed by atoms with Gasteiger partial charge in [0, 0.05) is 31.1 Å². The molecule has 0 aliphatic carbocycles. The summed E-state index contributed by atoms with van der Waals surface area (Å²) in [5.41, 5.74) is 0.0639. The third kappa shape index (κ3) is 3.49. The average molecular weight is 212 g/mol. The van der Waals surface area contributed by atoms with Crippen LogP contribution in [0.25, 0.3) is 0 Å². The Labute approximate surface area is 93.2 Å². The van der Waals surface area contributed by atoms with Crippen LogP contribution in [0.2, 0.25) is 0 Å². The second kappa shape index (κ2) is 4.97. The minimum absolute atomic E-state index is 0.0639. The first kappa shape index (κ1) is 12.5. The zero-order valence-electron chi connectivity index (χ0n) is 10.5. The summed E-state index contributed by atoms with van der Waals surface area (Å²) in [5.74, 6) is 0.318. The third-order valence-corrected chi connectivity index (χ3v) is 3.04. The average Bonchev–Trinajstić information content (AvgIpc) is 2.18. The van der Waals surface area contributed by atoms with Gasteiger partial charge < -0.3 is 10.2 Å². The summed E-state index contributed by atoms with van der Waals surface area (Å²) in [7, 11) is 0. The van der Waals surface area contributed by atoms with Crippen LogP contribution in [-0.2, 0) is 4.79 Å². The third-order valence-electron chi connectivity index (χ3n) is 3.04. The molecule has 1 fully saturated rings. The van der Waals surface area contributed by atoms with Crippen molar-refractivity contribution in [2.75, 3.05) is 13.1 Å². The molecule has 1 rings (SSSR count). The SMILES string of the molecule is CCCCC(=O)N1CC(C)(C)NCC1C. The van der Waals surface area contributed by atoms with Crippen LogP contribution in [0.1, 0.15) is 47.0 Å². The summed E-state index contributed by atoms with van der Waals surface area (Å²) >= 11 is 0. The number of rotatable bonds is 3. The lowest BCUT2D eigenvalue weighted by atomic mass is 9.98. The largest absolute Gasteiger partial charge is 0.337 e. The maximum absolute atomic E-state index is 12.0. The number of nitrogens with one attached hydrogen (secondary N) is 1. The molecule has 1 atom stereocenters. The van der Waals surface area contributed by atoms with Crippen molar-refractivity contribution >= 4 is 5.91 Å². The van der Waals surface area contributed by atoms with Crippen LogP contribution >= 0.6 is 0 Å². The Morgan fingerprint density at radius 1 is 1.53 bits per heavy atom. The normalized spacial score (nSPS) is 25.3. The van der Waals surface area contributed by atoms with Crippen molar-refractivity contribution in [2.24, 2.45) is 0 Å². The fourth-order valence-corrected chi connectivity index (χ4v) is 1.98. The summed E-state index contributed by atoms with van der Waals surface area (Å²) in [6, 6.07) is 0.336. The molecule has 0 aromatic rings. The smallest absolute Gasteiger partial charge is 0.222 e. The molecular weight excluding hydrogens is 188 g/mol. The van der Waals surface area contributed by atoms with Gasteiger partial charge in [0.2, 0.25) is 5.91 Å². The number of piperazine rings is 1. The van der Waals surface area contributed by atoms with Crippen molar-refractivity contribution in [3.8, 4) is 0 Å². The Hall–Kier alpha value is -0.570. The molecule has 88 valence electrons. The number of hydrogen-bond donors (Lipinski definition) is 1. The van der Waals surface area contributed by atoms with Gasteiger partial charge in [0.25, 0.3) is 0 Å². The summed E-state index contributed by atoms with van der Waals surface area (Å²) in [6.45, 7) is 10.3. The van der Waals surface area contributed by atoms with Gasteiger partial charge in [0.1, 0.15) is 0 Å². The Morgan fingerprint density at radius 2 is 2.20 bits per heavy atom. The standard InChI is InChI=1S/C12H24N2O/c1-5-6-7-11(15)14-9-12(3,4)13-8-10(14)2/h10,13H,5-9H2,1-4H3. The molecule has 1 saturated heterocycles. The molecule has 1 aliphatic rings. The predicted octanol–water partition coefficient (Wildman–Crippen LogP) is 1.78. The fourth-order valence-electron chi connectivity index (χ4n) is 1.98. The number of unbranched alkanes of at least 4 members (excludes halogenated alkanes) is 1. The molecule has 0 radical (unpaired) electrons. The van der Waals surface area contributed by atoms with Crippen molar-refractivity contribution < 1.29 is 4.79 Å². The zero-order chi connectivity index (χ0) is 11.5. The van der Waals surface area contributed by atoms with E-state index >= 15 is 0 Å². The summed E-state index contributed by atoms with van der Waals surface area (Å²) in [4.78, 5) is 14.0. The Bertz CT molecular complexity index is 226. The van der Waals surface area contributed by atoms with Crippen LogP contribution in [-0.4, -0.2) is 35.5 Å².